The molecule has 16 heteroatoms. The molecule has 0 saturated heterocycles. The fraction of sp³-hybridized carbons (Fsp3) is 0.929. The van der Waals surface area contributed by atoms with Crippen molar-refractivity contribution in [3.63, 3.8) is 0 Å². The number of aliphatic hydroxyl groups is 1. The van der Waals surface area contributed by atoms with Gasteiger partial charge < -0.3 is 61.9 Å². The molecule has 0 aliphatic heterocycles. The minimum Gasteiger partial charge on any atom is -0.460 e. The standard InChI is InChI=1S/C15H30O5.C14H28O5.C13H26O6/c1-5-6-8-17-10-12-19-13-11-18-9-7-14(16)20-15(2,3)4;1-5-7-16-9-11-18-12-10-17-8-6-13(15)19-14(2,3)4;1-13(2,3)19-12(15)4-6-16-8-10-18-11-9-17-7-5-14/h5-13H2,1-4H3;5-12H2,1-4H3;14H,4-11H2,1-3H3. The van der Waals surface area contributed by atoms with Crippen LogP contribution in [0.15, 0.2) is 0 Å². The second-order valence-corrected chi connectivity index (χ2v) is 15.6. The van der Waals surface area contributed by atoms with Crippen molar-refractivity contribution in [1.29, 1.82) is 0 Å². The predicted octanol–water partition coefficient (Wildman–Crippen LogP) is 5.51. The van der Waals surface area contributed by atoms with Gasteiger partial charge in [-0.25, -0.2) is 0 Å². The molecule has 0 heterocycles. The van der Waals surface area contributed by atoms with Crippen molar-refractivity contribution in [3.05, 3.63) is 0 Å². The molecule has 0 aromatic heterocycles. The number of esters is 3. The van der Waals surface area contributed by atoms with Crippen LogP contribution in [-0.2, 0) is 71.2 Å². The summed E-state index contributed by atoms with van der Waals surface area (Å²) in [7, 11) is 0. The topological polar surface area (TPSA) is 182 Å². The first-order valence-corrected chi connectivity index (χ1v) is 20.8. The summed E-state index contributed by atoms with van der Waals surface area (Å²) in [4.78, 5) is 34.0. The number of ether oxygens (including phenoxy) is 12. The van der Waals surface area contributed by atoms with Gasteiger partial charge in [0, 0.05) is 13.2 Å². The molecular formula is C42H84O16. The van der Waals surface area contributed by atoms with E-state index in [1.54, 1.807) is 0 Å². The molecule has 0 aliphatic carbocycles. The number of rotatable bonds is 34. The van der Waals surface area contributed by atoms with Crippen LogP contribution in [0, 0.1) is 0 Å². The highest BCUT2D eigenvalue weighted by atomic mass is 16.6. The normalized spacial score (nSPS) is 11.6. The molecule has 0 aromatic carbocycles. The molecule has 0 atom stereocenters. The van der Waals surface area contributed by atoms with Crippen LogP contribution in [0.25, 0.3) is 0 Å². The van der Waals surface area contributed by atoms with Crippen LogP contribution in [0.2, 0.25) is 0 Å². The van der Waals surface area contributed by atoms with Gasteiger partial charge in [0.05, 0.1) is 132 Å². The quantitative estimate of drug-likeness (QED) is 0.0486. The van der Waals surface area contributed by atoms with E-state index in [1.165, 1.54) is 0 Å². The number of unbranched alkanes of at least 4 members (excludes halogenated alkanes) is 1. The largest absolute Gasteiger partial charge is 0.460 e. The first-order chi connectivity index (χ1) is 27.4. The average molecular weight is 845 g/mol. The lowest BCUT2D eigenvalue weighted by Gasteiger charge is -2.19. The van der Waals surface area contributed by atoms with E-state index in [-0.39, 0.29) is 43.8 Å². The first-order valence-electron chi connectivity index (χ1n) is 20.8. The predicted molar refractivity (Wildman–Crippen MR) is 221 cm³/mol. The summed E-state index contributed by atoms with van der Waals surface area (Å²) in [6.45, 7) is 30.0. The lowest BCUT2D eigenvalue weighted by atomic mass is 10.2. The van der Waals surface area contributed by atoms with E-state index in [0.29, 0.717) is 106 Å². The van der Waals surface area contributed by atoms with Gasteiger partial charge in [0.25, 0.3) is 0 Å². The van der Waals surface area contributed by atoms with Gasteiger partial charge in [-0.1, -0.05) is 20.3 Å². The minimum absolute atomic E-state index is 0.0216. The third-order valence-corrected chi connectivity index (χ3v) is 6.07. The van der Waals surface area contributed by atoms with Gasteiger partial charge in [0.2, 0.25) is 0 Å². The molecule has 0 unspecified atom stereocenters. The summed E-state index contributed by atoms with van der Waals surface area (Å²) in [5, 5.41) is 8.46. The summed E-state index contributed by atoms with van der Waals surface area (Å²) in [5.74, 6) is -0.727. The van der Waals surface area contributed by atoms with Gasteiger partial charge in [-0.15, -0.1) is 0 Å². The molecule has 0 aliphatic rings. The molecule has 0 amide bonds. The summed E-state index contributed by atoms with van der Waals surface area (Å²) in [6, 6.07) is 0. The maximum absolute atomic E-state index is 11.4. The van der Waals surface area contributed by atoms with Crippen molar-refractivity contribution in [2.24, 2.45) is 0 Å². The van der Waals surface area contributed by atoms with E-state index >= 15 is 0 Å². The Hall–Kier alpha value is -1.99. The lowest BCUT2D eigenvalue weighted by Crippen LogP contribution is -2.24. The molecule has 16 nitrogen and oxygen atoms in total. The lowest BCUT2D eigenvalue weighted by molar-refractivity contribution is -0.157. The Morgan fingerprint density at radius 1 is 0.345 bits per heavy atom. The Bertz CT molecular complexity index is 864. The van der Waals surface area contributed by atoms with Gasteiger partial charge in [-0.2, -0.15) is 0 Å². The number of hydrogen-bond acceptors (Lipinski definition) is 16. The molecule has 0 rings (SSSR count). The zero-order valence-corrected chi connectivity index (χ0v) is 38.2. The number of carbonyl (C=O) groups excluding carboxylic acids is 3. The number of aliphatic hydroxyl groups excluding tert-OH is 1. The maximum atomic E-state index is 11.4. The van der Waals surface area contributed by atoms with Crippen molar-refractivity contribution in [3.8, 4) is 0 Å². The second-order valence-electron chi connectivity index (χ2n) is 15.6. The second kappa shape index (κ2) is 41.7. The highest BCUT2D eigenvalue weighted by Crippen LogP contribution is 2.09. The van der Waals surface area contributed by atoms with Crippen LogP contribution in [-0.4, -0.2) is 165 Å². The number of hydrogen-bond donors (Lipinski definition) is 1. The Labute approximate surface area is 350 Å². The average Bonchev–Trinajstić information content (AvgIpc) is 3.10. The molecule has 0 aromatic rings. The van der Waals surface area contributed by atoms with Gasteiger partial charge in [0.1, 0.15) is 16.8 Å². The molecule has 0 bridgehead atoms. The van der Waals surface area contributed by atoms with E-state index in [0.717, 1.165) is 32.5 Å². The van der Waals surface area contributed by atoms with Crippen LogP contribution in [0.3, 0.4) is 0 Å². The Balaban J connectivity index is -0.000000783. The van der Waals surface area contributed by atoms with Crippen LogP contribution in [0.1, 0.15) is 115 Å². The Kier molecular flexibility index (Phi) is 43.4. The zero-order valence-electron chi connectivity index (χ0n) is 38.2. The molecule has 348 valence electrons. The first kappa shape index (κ1) is 60.3. The van der Waals surface area contributed by atoms with Crippen molar-refractivity contribution in [1.82, 2.24) is 0 Å². The zero-order chi connectivity index (χ0) is 44.4. The van der Waals surface area contributed by atoms with Crippen molar-refractivity contribution < 1.29 is 76.3 Å². The third-order valence-electron chi connectivity index (χ3n) is 6.07. The highest BCUT2D eigenvalue weighted by Gasteiger charge is 2.17. The summed E-state index contributed by atoms with van der Waals surface area (Å²) < 4.78 is 62.7. The fourth-order valence-corrected chi connectivity index (χ4v) is 3.73. The number of carbonyl (C=O) groups is 3. The SMILES string of the molecule is CC(C)(C)OC(=O)CCOCCOCCOCCO.CCCCOCCOCCOCCC(=O)OC(C)(C)C.CCCOCCOCCOCCC(=O)OC(C)(C)C. The van der Waals surface area contributed by atoms with Gasteiger partial charge in [0.15, 0.2) is 0 Å². The summed E-state index contributed by atoms with van der Waals surface area (Å²) >= 11 is 0. The van der Waals surface area contributed by atoms with Crippen molar-refractivity contribution >= 4 is 17.9 Å². The Morgan fingerprint density at radius 3 is 0.828 bits per heavy atom. The molecule has 1 N–H and O–H groups in total. The van der Waals surface area contributed by atoms with E-state index in [2.05, 4.69) is 13.8 Å². The third kappa shape index (κ3) is 60.7. The van der Waals surface area contributed by atoms with E-state index in [1.807, 2.05) is 62.3 Å². The monoisotopic (exact) mass is 845 g/mol. The van der Waals surface area contributed by atoms with Gasteiger partial charge in [-0.3, -0.25) is 14.4 Å². The molecule has 0 spiro atoms. The van der Waals surface area contributed by atoms with E-state index in [4.69, 9.17) is 61.9 Å². The van der Waals surface area contributed by atoms with E-state index < -0.39 is 16.8 Å². The van der Waals surface area contributed by atoms with E-state index in [9.17, 15) is 14.4 Å². The summed E-state index contributed by atoms with van der Waals surface area (Å²) in [6.07, 6.45) is 4.05. The molecule has 0 fully saturated rings. The smallest absolute Gasteiger partial charge is 0.308 e. The van der Waals surface area contributed by atoms with Crippen LogP contribution < -0.4 is 0 Å². The van der Waals surface area contributed by atoms with Crippen LogP contribution in [0.4, 0.5) is 0 Å². The highest BCUT2D eigenvalue weighted by molar-refractivity contribution is 5.70. The van der Waals surface area contributed by atoms with Crippen molar-refractivity contribution in [2.75, 3.05) is 126 Å². The minimum atomic E-state index is -0.450. The molecule has 0 radical (unpaired) electrons. The van der Waals surface area contributed by atoms with Crippen molar-refractivity contribution in [2.45, 2.75) is 131 Å². The molecule has 0 saturated carbocycles. The fourth-order valence-electron chi connectivity index (χ4n) is 3.73. The van der Waals surface area contributed by atoms with Gasteiger partial charge >= 0.3 is 17.9 Å². The van der Waals surface area contributed by atoms with Crippen LogP contribution >= 0.6 is 0 Å². The van der Waals surface area contributed by atoms with Crippen LogP contribution in [0.5, 0.6) is 0 Å². The summed E-state index contributed by atoms with van der Waals surface area (Å²) in [5.41, 5.74) is -1.31. The Morgan fingerprint density at radius 2 is 0.586 bits per heavy atom. The maximum Gasteiger partial charge on any atom is 0.308 e. The molecular weight excluding hydrogens is 760 g/mol. The molecule has 58 heavy (non-hydrogen) atoms. The van der Waals surface area contributed by atoms with Gasteiger partial charge in [-0.05, 0) is 75.2 Å².